The Bertz CT molecular complexity index is 496. The number of hydrogen-bond donors (Lipinski definition) is 1. The molecule has 0 radical (unpaired) electrons. The van der Waals surface area contributed by atoms with Gasteiger partial charge in [-0.05, 0) is 0 Å². The normalized spacial score (nSPS) is 10.3. The molecule has 0 aliphatic heterocycles. The molecule has 0 spiro atoms. The smallest absolute Gasteiger partial charge is 0.0879 e. The number of pyridine rings is 1. The predicted molar refractivity (Wildman–Crippen MR) is 52.5 cm³/mol. The second kappa shape index (κ2) is 3.48. The highest BCUT2D eigenvalue weighted by atomic mass is 16.3. The van der Waals surface area contributed by atoms with Gasteiger partial charge in [0.1, 0.15) is 0 Å². The Hall–Kier alpha value is -1.86. The van der Waals surface area contributed by atoms with E-state index >= 15 is 0 Å². The van der Waals surface area contributed by atoms with Crippen molar-refractivity contribution in [2.24, 2.45) is 0 Å². The Morgan fingerprint density at radius 2 is 2.29 bits per heavy atom. The third kappa shape index (κ3) is 1.24. The largest absolute Gasteiger partial charge is 0.394 e. The van der Waals surface area contributed by atoms with E-state index in [4.69, 9.17) is 11.5 Å². The zero-order chi connectivity index (χ0) is 9.97. The Labute approximate surface area is 81.2 Å². The van der Waals surface area contributed by atoms with Crippen LogP contribution in [0.2, 0.25) is 0 Å². The van der Waals surface area contributed by atoms with Gasteiger partial charge in [-0.1, -0.05) is 5.92 Å². The molecule has 2 aromatic rings. The zero-order valence-electron chi connectivity index (χ0n) is 7.51. The molecule has 0 amide bonds. The second-order valence-corrected chi connectivity index (χ2v) is 2.86. The van der Waals surface area contributed by atoms with Crippen LogP contribution in [0.4, 0.5) is 0 Å². The topological polar surface area (TPSA) is 50.9 Å². The first-order valence-electron chi connectivity index (χ1n) is 4.24. The number of aliphatic hydroxyl groups is 1. The standard InChI is InChI=1S/C10H9N3O/c1-2-8-5-11-7-10-9(8)6-12-13(10)3-4-14/h1,5-7,14H,3-4H2. The van der Waals surface area contributed by atoms with Crippen molar-refractivity contribution < 1.29 is 5.11 Å². The number of rotatable bonds is 2. The quantitative estimate of drug-likeness (QED) is 0.692. The third-order valence-electron chi connectivity index (χ3n) is 2.04. The first-order chi connectivity index (χ1) is 6.86. The molecule has 0 aliphatic carbocycles. The van der Waals surface area contributed by atoms with E-state index in [2.05, 4.69) is 16.0 Å². The summed E-state index contributed by atoms with van der Waals surface area (Å²) in [6.07, 6.45) is 10.3. The minimum absolute atomic E-state index is 0.0526. The van der Waals surface area contributed by atoms with Gasteiger partial charge in [0.25, 0.3) is 0 Å². The molecule has 0 aliphatic rings. The number of terminal acetylenes is 1. The van der Waals surface area contributed by atoms with Crippen LogP contribution in [0.15, 0.2) is 18.6 Å². The van der Waals surface area contributed by atoms with Crippen molar-refractivity contribution in [2.75, 3.05) is 6.61 Å². The fraction of sp³-hybridized carbons (Fsp3) is 0.200. The van der Waals surface area contributed by atoms with Crippen LogP contribution in [0, 0.1) is 12.3 Å². The average molecular weight is 187 g/mol. The lowest BCUT2D eigenvalue weighted by atomic mass is 10.2. The molecule has 0 saturated heterocycles. The molecule has 0 bridgehead atoms. The van der Waals surface area contributed by atoms with E-state index < -0.39 is 0 Å². The average Bonchev–Trinajstić information content (AvgIpc) is 2.62. The molecule has 0 saturated carbocycles. The highest BCUT2D eigenvalue weighted by molar-refractivity contribution is 5.83. The van der Waals surface area contributed by atoms with Crippen LogP contribution in [0.25, 0.3) is 10.9 Å². The van der Waals surface area contributed by atoms with Gasteiger partial charge in [-0.2, -0.15) is 5.10 Å². The van der Waals surface area contributed by atoms with Crippen molar-refractivity contribution in [3.63, 3.8) is 0 Å². The summed E-state index contributed by atoms with van der Waals surface area (Å²) in [6.45, 7) is 0.510. The Morgan fingerprint density at radius 1 is 1.43 bits per heavy atom. The van der Waals surface area contributed by atoms with Crippen LogP contribution < -0.4 is 0 Å². The van der Waals surface area contributed by atoms with Crippen LogP contribution >= 0.6 is 0 Å². The zero-order valence-corrected chi connectivity index (χ0v) is 7.51. The van der Waals surface area contributed by atoms with Crippen molar-refractivity contribution in [1.29, 1.82) is 0 Å². The van der Waals surface area contributed by atoms with E-state index in [0.717, 1.165) is 16.5 Å². The van der Waals surface area contributed by atoms with Gasteiger partial charge >= 0.3 is 0 Å². The summed E-state index contributed by atoms with van der Waals surface area (Å²) in [7, 11) is 0. The minimum atomic E-state index is 0.0526. The molecule has 0 fully saturated rings. The molecule has 0 atom stereocenters. The molecule has 2 rings (SSSR count). The molecule has 0 unspecified atom stereocenters. The summed E-state index contributed by atoms with van der Waals surface area (Å²) < 4.78 is 1.68. The van der Waals surface area contributed by atoms with Crippen LogP contribution in [0.3, 0.4) is 0 Å². The fourth-order valence-corrected chi connectivity index (χ4v) is 1.38. The monoisotopic (exact) mass is 187 g/mol. The summed E-state index contributed by atoms with van der Waals surface area (Å²) in [5.41, 5.74) is 1.58. The molecule has 0 aromatic carbocycles. The lowest BCUT2D eigenvalue weighted by Gasteiger charge is -1.99. The second-order valence-electron chi connectivity index (χ2n) is 2.86. The Kier molecular flexibility index (Phi) is 2.17. The summed E-state index contributed by atoms with van der Waals surface area (Å²) in [5.74, 6) is 2.55. The highest BCUT2D eigenvalue weighted by Gasteiger charge is 2.05. The van der Waals surface area contributed by atoms with Crippen LogP contribution in [0.1, 0.15) is 5.56 Å². The molecule has 4 heteroatoms. The van der Waals surface area contributed by atoms with E-state index in [0.29, 0.717) is 6.54 Å². The van der Waals surface area contributed by atoms with Crippen molar-refractivity contribution >= 4 is 10.9 Å². The van der Waals surface area contributed by atoms with E-state index in [1.54, 1.807) is 23.3 Å². The van der Waals surface area contributed by atoms with Crippen molar-refractivity contribution in [2.45, 2.75) is 6.54 Å². The van der Waals surface area contributed by atoms with Crippen molar-refractivity contribution in [3.05, 3.63) is 24.2 Å². The SMILES string of the molecule is C#Cc1cncc2c1cnn2CCO. The van der Waals surface area contributed by atoms with Gasteiger partial charge in [0.2, 0.25) is 0 Å². The molecule has 4 nitrogen and oxygen atoms in total. The molecule has 1 N–H and O–H groups in total. The van der Waals surface area contributed by atoms with Gasteiger partial charge in [0, 0.05) is 11.6 Å². The van der Waals surface area contributed by atoms with Crippen LogP contribution in [-0.2, 0) is 6.54 Å². The maximum Gasteiger partial charge on any atom is 0.0879 e. The van der Waals surface area contributed by atoms with E-state index in [1.165, 1.54) is 0 Å². The van der Waals surface area contributed by atoms with E-state index in [1.807, 2.05) is 0 Å². The fourth-order valence-electron chi connectivity index (χ4n) is 1.38. The van der Waals surface area contributed by atoms with E-state index in [9.17, 15) is 0 Å². The van der Waals surface area contributed by atoms with Crippen LogP contribution in [-0.4, -0.2) is 26.5 Å². The lowest BCUT2D eigenvalue weighted by molar-refractivity contribution is 0.271. The van der Waals surface area contributed by atoms with Crippen molar-refractivity contribution in [3.8, 4) is 12.3 Å². The Balaban J connectivity index is 2.65. The molecule has 2 heterocycles. The van der Waals surface area contributed by atoms with E-state index in [-0.39, 0.29) is 6.61 Å². The summed E-state index contributed by atoms with van der Waals surface area (Å²) in [4.78, 5) is 4.01. The molecule has 14 heavy (non-hydrogen) atoms. The maximum absolute atomic E-state index is 8.80. The van der Waals surface area contributed by atoms with Gasteiger partial charge in [-0.3, -0.25) is 9.67 Å². The number of fused-ring (bicyclic) bond motifs is 1. The predicted octanol–water partition coefficient (Wildman–Crippen LogP) is 0.405. The number of aromatic nitrogens is 3. The first kappa shape index (κ1) is 8.73. The van der Waals surface area contributed by atoms with Crippen molar-refractivity contribution in [1.82, 2.24) is 14.8 Å². The maximum atomic E-state index is 8.80. The molecular formula is C10H9N3O. The lowest BCUT2D eigenvalue weighted by Crippen LogP contribution is -2.03. The first-order valence-corrected chi connectivity index (χ1v) is 4.24. The van der Waals surface area contributed by atoms with Gasteiger partial charge in [-0.15, -0.1) is 6.42 Å². The summed E-state index contributed by atoms with van der Waals surface area (Å²) in [5, 5.41) is 13.8. The Morgan fingerprint density at radius 3 is 3.00 bits per heavy atom. The molecule has 70 valence electrons. The number of aliphatic hydroxyl groups excluding tert-OH is 1. The van der Waals surface area contributed by atoms with Gasteiger partial charge in [0.15, 0.2) is 0 Å². The summed E-state index contributed by atoms with van der Waals surface area (Å²) >= 11 is 0. The third-order valence-corrected chi connectivity index (χ3v) is 2.04. The number of nitrogens with zero attached hydrogens (tertiary/aromatic N) is 3. The number of hydrogen-bond acceptors (Lipinski definition) is 3. The molecule has 2 aromatic heterocycles. The molecular weight excluding hydrogens is 178 g/mol. The van der Waals surface area contributed by atoms with Crippen LogP contribution in [0.5, 0.6) is 0 Å². The van der Waals surface area contributed by atoms with Gasteiger partial charge < -0.3 is 5.11 Å². The minimum Gasteiger partial charge on any atom is -0.394 e. The highest BCUT2D eigenvalue weighted by Crippen LogP contribution is 2.15. The van der Waals surface area contributed by atoms with Gasteiger partial charge in [-0.25, -0.2) is 0 Å². The summed E-state index contributed by atoms with van der Waals surface area (Å²) in [6, 6.07) is 0. The van der Waals surface area contributed by atoms with Gasteiger partial charge in [0.05, 0.1) is 36.6 Å².